The van der Waals surface area contributed by atoms with E-state index in [1.165, 1.54) is 0 Å². The normalized spacial score (nSPS) is 11.6. The molecule has 0 aliphatic rings. The van der Waals surface area contributed by atoms with Crippen LogP contribution in [0.2, 0.25) is 0 Å². The Bertz CT molecular complexity index is 2810. The summed E-state index contributed by atoms with van der Waals surface area (Å²) in [6.45, 7) is 3.07. The van der Waals surface area contributed by atoms with Crippen molar-refractivity contribution in [3.8, 4) is 5.88 Å². The maximum atomic E-state index is 15.4. The van der Waals surface area contributed by atoms with Crippen LogP contribution in [0.15, 0.2) is 66.7 Å². The van der Waals surface area contributed by atoms with Gasteiger partial charge in [-0.15, -0.1) is 21.9 Å². The highest BCUT2D eigenvalue weighted by atomic mass is 19.2. The molecule has 0 N–H and O–H groups in total. The van der Waals surface area contributed by atoms with Gasteiger partial charge in [-0.2, -0.15) is 4.57 Å². The number of pyridine rings is 1. The Labute approximate surface area is 373 Å². The second kappa shape index (κ2) is 19.8. The summed E-state index contributed by atoms with van der Waals surface area (Å²) in [4.78, 5) is 12.7. The van der Waals surface area contributed by atoms with Gasteiger partial charge in [-0.05, 0) is 18.6 Å². The van der Waals surface area contributed by atoms with Gasteiger partial charge in [0.15, 0.2) is 69.8 Å². The van der Waals surface area contributed by atoms with Crippen LogP contribution in [0.4, 0.5) is 87.8 Å². The molecule has 362 valence electrons. The molecule has 3 nitrogen and oxygen atoms in total. The number of benzene rings is 6. The minimum absolute atomic E-state index is 0.0808. The minimum atomic E-state index is -7.22. The quantitative estimate of drug-likeness (QED) is 0.0246. The average molecular weight is 999 g/mol. The van der Waals surface area contributed by atoms with Crippen LogP contribution in [0.1, 0.15) is 30.1 Å². The number of Topliss-reactive ketones (excluding diaryl/α,β-unsaturated/α-hetero) is 1. The molecule has 0 spiro atoms. The van der Waals surface area contributed by atoms with Crippen molar-refractivity contribution in [2.75, 3.05) is 6.61 Å². The van der Waals surface area contributed by atoms with Gasteiger partial charge in [-0.1, -0.05) is 55.8 Å². The van der Waals surface area contributed by atoms with E-state index in [1.807, 2.05) is 65.2 Å². The van der Waals surface area contributed by atoms with Gasteiger partial charge in [0.05, 0.1) is 12.7 Å². The molecule has 7 rings (SSSR count). The van der Waals surface area contributed by atoms with Crippen LogP contribution in [0.3, 0.4) is 0 Å². The SMILES string of the molecule is CCCCOc1ccc2ccccc2[n+]1CC(=O)c1ccccc1.Fc1c(F)c(F)c([B-](c2c(F)c(F)c(F)c(F)c2F)(c2c(F)c(F)c(F)c(F)c2F)c2c(F)c(F)c(F)c(F)c2F)c(F)c1F. The van der Waals surface area contributed by atoms with Gasteiger partial charge in [0.1, 0.15) is 52.7 Å². The first-order chi connectivity index (χ1) is 32.5. The predicted molar refractivity (Wildman–Crippen MR) is 205 cm³/mol. The Hall–Kier alpha value is -7.14. The number of unbranched alkanes of at least 4 members (excludes halogenated alkanes) is 1. The Morgan fingerprint density at radius 2 is 0.739 bits per heavy atom. The van der Waals surface area contributed by atoms with Crippen LogP contribution in [-0.2, 0) is 6.54 Å². The molecular formula is C45H22BF20NO2. The van der Waals surface area contributed by atoms with Gasteiger partial charge in [-0.25, -0.2) is 87.8 Å². The zero-order valence-electron chi connectivity index (χ0n) is 34.1. The molecule has 0 atom stereocenters. The zero-order valence-corrected chi connectivity index (χ0v) is 34.1. The maximum absolute atomic E-state index is 15.4. The largest absolute Gasteiger partial charge is 0.444 e. The van der Waals surface area contributed by atoms with E-state index in [-0.39, 0.29) is 12.3 Å². The summed E-state index contributed by atoms with van der Waals surface area (Å²) in [6.07, 6.45) is -5.14. The topological polar surface area (TPSA) is 30.2 Å². The van der Waals surface area contributed by atoms with Crippen molar-refractivity contribution in [3.63, 3.8) is 0 Å². The van der Waals surface area contributed by atoms with E-state index in [1.54, 1.807) is 0 Å². The molecule has 0 saturated carbocycles. The number of aromatic nitrogens is 1. The van der Waals surface area contributed by atoms with E-state index in [9.17, 15) is 57.5 Å². The lowest BCUT2D eigenvalue weighted by atomic mass is 9.12. The number of carbonyl (C=O) groups excluding carboxylic acids is 1. The third-order valence-corrected chi connectivity index (χ3v) is 10.8. The summed E-state index contributed by atoms with van der Waals surface area (Å²) < 4.78 is 302. The molecule has 69 heavy (non-hydrogen) atoms. The first kappa shape index (κ1) is 51.3. The van der Waals surface area contributed by atoms with Crippen molar-refractivity contribution in [3.05, 3.63) is 189 Å². The molecule has 0 saturated heterocycles. The third kappa shape index (κ3) is 8.46. The fraction of sp³-hybridized carbons (Fsp3) is 0.111. The summed E-state index contributed by atoms with van der Waals surface area (Å²) in [5.41, 5.74) is -12.6. The maximum Gasteiger partial charge on any atom is 0.368 e. The van der Waals surface area contributed by atoms with Crippen LogP contribution in [-0.4, -0.2) is 18.5 Å². The van der Waals surface area contributed by atoms with Gasteiger partial charge in [0.25, 0.3) is 0 Å². The lowest BCUT2D eigenvalue weighted by Gasteiger charge is -2.44. The van der Waals surface area contributed by atoms with Gasteiger partial charge in [0, 0.05) is 17.0 Å². The molecule has 6 aromatic carbocycles. The molecule has 1 aromatic heterocycles. The first-order valence-electron chi connectivity index (χ1n) is 19.4. The predicted octanol–water partition coefficient (Wildman–Crippen LogP) is 10.0. The Morgan fingerprint density at radius 3 is 1.09 bits per heavy atom. The number of nitrogens with zero attached hydrogens (tertiary/aromatic N) is 1. The highest BCUT2D eigenvalue weighted by molar-refractivity contribution is 7.20. The van der Waals surface area contributed by atoms with E-state index in [2.05, 4.69) is 13.0 Å². The van der Waals surface area contributed by atoms with Gasteiger partial charge >= 0.3 is 5.88 Å². The Kier molecular flexibility index (Phi) is 14.7. The molecule has 1 heterocycles. The molecule has 0 bridgehead atoms. The lowest BCUT2D eigenvalue weighted by Crippen LogP contribution is -2.81. The van der Waals surface area contributed by atoms with Gasteiger partial charge in [-0.3, -0.25) is 4.79 Å². The second-order valence-corrected chi connectivity index (χ2v) is 14.6. The molecule has 0 fully saturated rings. The molecule has 0 aliphatic heterocycles. The second-order valence-electron chi connectivity index (χ2n) is 14.6. The van der Waals surface area contributed by atoms with Crippen LogP contribution in [0.5, 0.6) is 5.88 Å². The van der Waals surface area contributed by atoms with Crippen LogP contribution in [0, 0.1) is 116 Å². The molecule has 0 unspecified atom stereocenters. The molecule has 0 radical (unpaired) electrons. The van der Waals surface area contributed by atoms with Crippen molar-refractivity contribution in [2.45, 2.75) is 26.3 Å². The minimum Gasteiger partial charge on any atom is -0.444 e. The number of hydrogen-bond donors (Lipinski definition) is 0. The highest BCUT2D eigenvalue weighted by Crippen LogP contribution is 2.31. The van der Waals surface area contributed by atoms with Gasteiger partial charge in [0.2, 0.25) is 17.8 Å². The standard InChI is InChI=1S/C24BF20.C21H22NO2/c26-5-1(6(27)14(35)21(42)13(5)34)25(2-7(28)15(36)22(43)16(37)8(2)29,3-9(30)17(38)23(44)18(39)10(3)31)4-11(32)19(40)24(45)20(41)12(4)33;1-2-3-15-24-21-14-13-17-9-7-8-12-19(17)22(21)16-20(23)18-10-5-4-6-11-18/h;4-14H,2-3,15-16H2,1H3/q-1;+1. The summed E-state index contributed by atoms with van der Waals surface area (Å²) in [7, 11) is 0. The van der Waals surface area contributed by atoms with Crippen molar-refractivity contribution < 1.29 is 102 Å². The fourth-order valence-corrected chi connectivity index (χ4v) is 7.59. The summed E-state index contributed by atoms with van der Waals surface area (Å²) in [6, 6.07) is 21.5. The van der Waals surface area contributed by atoms with E-state index in [4.69, 9.17) is 4.74 Å². The van der Waals surface area contributed by atoms with E-state index < -0.39 is 144 Å². The number of rotatable bonds is 11. The number of para-hydroxylation sites is 1. The molecule has 0 aliphatic carbocycles. The highest BCUT2D eigenvalue weighted by Gasteiger charge is 2.52. The van der Waals surface area contributed by atoms with Gasteiger partial charge < -0.3 is 4.74 Å². The number of ketones is 1. The smallest absolute Gasteiger partial charge is 0.368 e. The molecular weight excluding hydrogens is 977 g/mol. The van der Waals surface area contributed by atoms with E-state index in [0.717, 1.165) is 35.2 Å². The van der Waals surface area contributed by atoms with E-state index in [0.29, 0.717) is 6.61 Å². The van der Waals surface area contributed by atoms with Crippen LogP contribution >= 0.6 is 0 Å². The average Bonchev–Trinajstić information content (AvgIpc) is 3.34. The number of halogens is 20. The Balaban J connectivity index is 0.000000273. The molecule has 7 aromatic rings. The number of hydrogen-bond acceptors (Lipinski definition) is 2. The third-order valence-electron chi connectivity index (χ3n) is 10.8. The van der Waals surface area contributed by atoms with Crippen molar-refractivity contribution in [1.82, 2.24) is 0 Å². The van der Waals surface area contributed by atoms with Crippen molar-refractivity contribution >= 4 is 44.7 Å². The molecule has 24 heteroatoms. The van der Waals surface area contributed by atoms with Crippen LogP contribution in [0.25, 0.3) is 10.9 Å². The monoisotopic (exact) mass is 999 g/mol. The van der Waals surface area contributed by atoms with E-state index >= 15 is 35.1 Å². The lowest BCUT2D eigenvalue weighted by molar-refractivity contribution is -0.663. The summed E-state index contributed by atoms with van der Waals surface area (Å²) in [5.74, 6) is -70.6. The van der Waals surface area contributed by atoms with Crippen molar-refractivity contribution in [2.24, 2.45) is 0 Å². The number of ether oxygens (including phenoxy) is 1. The number of carbonyl (C=O) groups is 1. The Morgan fingerprint density at radius 1 is 0.420 bits per heavy atom. The van der Waals surface area contributed by atoms with Crippen molar-refractivity contribution in [1.29, 1.82) is 0 Å². The summed E-state index contributed by atoms with van der Waals surface area (Å²) >= 11 is 0. The van der Waals surface area contributed by atoms with Crippen LogP contribution < -0.4 is 31.2 Å². The first-order valence-corrected chi connectivity index (χ1v) is 19.4. The fourth-order valence-electron chi connectivity index (χ4n) is 7.59. The number of fused-ring (bicyclic) bond motifs is 1. The zero-order chi connectivity index (χ0) is 51.1. The molecule has 0 amide bonds. The summed E-state index contributed by atoms with van der Waals surface area (Å²) in [5, 5.41) is 1.10.